The lowest BCUT2D eigenvalue weighted by Gasteiger charge is -2.27. The summed E-state index contributed by atoms with van der Waals surface area (Å²) in [6.45, 7) is 3.93. The summed E-state index contributed by atoms with van der Waals surface area (Å²) in [4.78, 5) is 13.4. The lowest BCUT2D eigenvalue weighted by Crippen LogP contribution is -2.38. The number of thiocarbonyl (C=S) groups is 1. The zero-order valence-corrected chi connectivity index (χ0v) is 11.4. The summed E-state index contributed by atoms with van der Waals surface area (Å²) in [5, 5.41) is 7.81. The van der Waals surface area contributed by atoms with Crippen molar-refractivity contribution in [2.75, 3.05) is 18.6 Å². The molecule has 0 aliphatic rings. The highest BCUT2D eigenvalue weighted by Gasteiger charge is 2.20. The van der Waals surface area contributed by atoms with Crippen LogP contribution in [-0.4, -0.2) is 40.9 Å². The summed E-state index contributed by atoms with van der Waals surface area (Å²) < 4.78 is 4.66. The van der Waals surface area contributed by atoms with Gasteiger partial charge in [0.25, 0.3) is 0 Å². The third-order valence-corrected chi connectivity index (χ3v) is 2.61. The van der Waals surface area contributed by atoms with E-state index in [1.807, 2.05) is 13.8 Å². The van der Waals surface area contributed by atoms with Crippen LogP contribution in [-0.2, 0) is 9.53 Å². The van der Waals surface area contributed by atoms with E-state index in [0.29, 0.717) is 11.4 Å². The zero-order chi connectivity index (χ0) is 13.7. The Morgan fingerprint density at radius 2 is 2.28 bits per heavy atom. The van der Waals surface area contributed by atoms with Crippen LogP contribution in [0.2, 0.25) is 0 Å². The minimum atomic E-state index is -0.358. The van der Waals surface area contributed by atoms with E-state index in [4.69, 9.17) is 18.0 Å². The third kappa shape index (κ3) is 3.36. The molecule has 0 radical (unpaired) electrons. The normalized spacial score (nSPS) is 10.2. The van der Waals surface area contributed by atoms with Crippen molar-refractivity contribution in [3.05, 3.63) is 17.8 Å². The van der Waals surface area contributed by atoms with E-state index in [0.717, 1.165) is 0 Å². The molecule has 1 rings (SSSR count). The van der Waals surface area contributed by atoms with Gasteiger partial charge in [0.2, 0.25) is 0 Å². The first-order chi connectivity index (χ1) is 8.47. The number of aromatic nitrogens is 2. The number of carbonyl (C=O) groups excluding carboxylic acids is 1. The Morgan fingerprint density at radius 3 is 2.78 bits per heavy atom. The fourth-order valence-electron chi connectivity index (χ4n) is 1.43. The van der Waals surface area contributed by atoms with Crippen molar-refractivity contribution in [1.29, 1.82) is 0 Å². The van der Waals surface area contributed by atoms with Gasteiger partial charge in [-0.3, -0.25) is 4.79 Å². The molecule has 0 spiro atoms. The molecule has 0 saturated heterocycles. The van der Waals surface area contributed by atoms with Crippen LogP contribution in [0.15, 0.2) is 12.3 Å². The topological polar surface area (TPSA) is 81.3 Å². The first-order valence-electron chi connectivity index (χ1n) is 5.42. The van der Waals surface area contributed by atoms with Crippen molar-refractivity contribution >= 4 is 29.0 Å². The van der Waals surface area contributed by atoms with Crippen molar-refractivity contribution < 1.29 is 9.53 Å². The van der Waals surface area contributed by atoms with E-state index in [2.05, 4.69) is 14.9 Å². The minimum Gasteiger partial charge on any atom is -0.468 e. The molecule has 0 bridgehead atoms. The zero-order valence-electron chi connectivity index (χ0n) is 10.6. The number of hydrogen-bond donors (Lipinski definition) is 1. The van der Waals surface area contributed by atoms with E-state index >= 15 is 0 Å². The molecule has 0 aromatic carbocycles. The molecule has 0 amide bonds. The Bertz CT molecular complexity index is 450. The Hall–Kier alpha value is -1.76. The summed E-state index contributed by atoms with van der Waals surface area (Å²) in [5.74, 6) is 0.133. The molecule has 98 valence electrons. The summed E-state index contributed by atoms with van der Waals surface area (Å²) in [5.41, 5.74) is 6.23. The highest BCUT2D eigenvalue weighted by Crippen LogP contribution is 2.18. The minimum absolute atomic E-state index is 0.0360. The van der Waals surface area contributed by atoms with Gasteiger partial charge < -0.3 is 15.4 Å². The molecule has 6 nitrogen and oxygen atoms in total. The maximum absolute atomic E-state index is 11.4. The average Bonchev–Trinajstić information content (AvgIpc) is 2.35. The van der Waals surface area contributed by atoms with Crippen molar-refractivity contribution in [3.63, 3.8) is 0 Å². The van der Waals surface area contributed by atoms with Crippen molar-refractivity contribution in [2.24, 2.45) is 5.73 Å². The van der Waals surface area contributed by atoms with Crippen molar-refractivity contribution in [2.45, 2.75) is 19.9 Å². The van der Waals surface area contributed by atoms with Crippen LogP contribution in [0.3, 0.4) is 0 Å². The van der Waals surface area contributed by atoms with Gasteiger partial charge in [-0.2, -0.15) is 5.10 Å². The number of nitrogens with two attached hydrogens (primary N) is 1. The van der Waals surface area contributed by atoms with E-state index < -0.39 is 0 Å². The predicted octanol–water partition coefficient (Wildman–Crippen LogP) is 0.499. The predicted molar refractivity (Wildman–Crippen MR) is 72.4 cm³/mol. The largest absolute Gasteiger partial charge is 0.468 e. The Kier molecular flexibility index (Phi) is 4.96. The van der Waals surface area contributed by atoms with Gasteiger partial charge in [0.05, 0.1) is 18.9 Å². The van der Waals surface area contributed by atoms with Crippen LogP contribution < -0.4 is 10.6 Å². The van der Waals surface area contributed by atoms with E-state index in [-0.39, 0.29) is 23.5 Å². The van der Waals surface area contributed by atoms with Crippen LogP contribution >= 0.6 is 12.2 Å². The van der Waals surface area contributed by atoms with Gasteiger partial charge in [-0.15, -0.1) is 5.10 Å². The molecular formula is C11H16N4O2S. The molecule has 2 N–H and O–H groups in total. The van der Waals surface area contributed by atoms with E-state index in [9.17, 15) is 4.79 Å². The van der Waals surface area contributed by atoms with Gasteiger partial charge in [0, 0.05) is 6.04 Å². The Balaban J connectivity index is 3.13. The number of nitrogens with zero attached hydrogens (tertiary/aromatic N) is 3. The van der Waals surface area contributed by atoms with Crippen LogP contribution in [0.5, 0.6) is 0 Å². The van der Waals surface area contributed by atoms with Crippen molar-refractivity contribution in [3.8, 4) is 0 Å². The average molecular weight is 268 g/mol. The number of rotatable bonds is 5. The first kappa shape index (κ1) is 14.3. The second-order valence-electron chi connectivity index (χ2n) is 3.93. The SMILES string of the molecule is COC(=O)CN(c1nnccc1C(N)=S)C(C)C. The Labute approximate surface area is 111 Å². The molecule has 0 atom stereocenters. The van der Waals surface area contributed by atoms with Gasteiger partial charge >= 0.3 is 5.97 Å². The fraction of sp³-hybridized carbons (Fsp3) is 0.455. The summed E-state index contributed by atoms with van der Waals surface area (Å²) in [6.07, 6.45) is 1.51. The molecule has 0 fully saturated rings. The lowest BCUT2D eigenvalue weighted by atomic mass is 10.2. The van der Waals surface area contributed by atoms with Gasteiger partial charge in [-0.1, -0.05) is 12.2 Å². The fourth-order valence-corrected chi connectivity index (χ4v) is 1.59. The number of hydrogen-bond acceptors (Lipinski definition) is 6. The third-order valence-electron chi connectivity index (χ3n) is 2.39. The maximum Gasteiger partial charge on any atom is 0.325 e. The standard InChI is InChI=1S/C11H16N4O2S/c1-7(2)15(6-9(16)17-3)11-8(10(12)18)4-5-13-14-11/h4-5,7H,6H2,1-3H3,(H2,12,18). The molecule has 1 aromatic rings. The highest BCUT2D eigenvalue weighted by molar-refractivity contribution is 7.80. The number of carbonyl (C=O) groups is 1. The van der Waals surface area contributed by atoms with E-state index in [1.54, 1.807) is 11.0 Å². The van der Waals surface area contributed by atoms with Crippen LogP contribution in [0, 0.1) is 0 Å². The molecule has 7 heteroatoms. The van der Waals surface area contributed by atoms with Gasteiger partial charge in [-0.25, -0.2) is 0 Å². The second kappa shape index (κ2) is 6.25. The quantitative estimate of drug-likeness (QED) is 0.615. The molecule has 1 heterocycles. The summed E-state index contributed by atoms with van der Waals surface area (Å²) in [6, 6.07) is 1.71. The monoisotopic (exact) mass is 268 g/mol. The smallest absolute Gasteiger partial charge is 0.325 e. The van der Waals surface area contributed by atoms with Crippen LogP contribution in [0.1, 0.15) is 19.4 Å². The van der Waals surface area contributed by atoms with Gasteiger partial charge in [-0.05, 0) is 19.9 Å². The molecule has 18 heavy (non-hydrogen) atoms. The Morgan fingerprint density at radius 1 is 1.61 bits per heavy atom. The summed E-state index contributed by atoms with van der Waals surface area (Å²) in [7, 11) is 1.34. The number of anilines is 1. The number of methoxy groups -OCH3 is 1. The molecular weight excluding hydrogens is 252 g/mol. The van der Waals surface area contributed by atoms with Gasteiger partial charge in [0.15, 0.2) is 5.82 Å². The van der Waals surface area contributed by atoms with Gasteiger partial charge in [0.1, 0.15) is 11.5 Å². The number of ether oxygens (including phenoxy) is 1. The lowest BCUT2D eigenvalue weighted by molar-refractivity contribution is -0.139. The first-order valence-corrected chi connectivity index (χ1v) is 5.83. The highest BCUT2D eigenvalue weighted by atomic mass is 32.1. The molecule has 0 saturated carbocycles. The van der Waals surface area contributed by atoms with E-state index in [1.165, 1.54) is 13.3 Å². The van der Waals surface area contributed by atoms with Crippen molar-refractivity contribution in [1.82, 2.24) is 10.2 Å². The van der Waals surface area contributed by atoms with Crippen LogP contribution in [0.25, 0.3) is 0 Å². The number of esters is 1. The molecule has 1 aromatic heterocycles. The molecule has 0 unspecified atom stereocenters. The summed E-state index contributed by atoms with van der Waals surface area (Å²) >= 11 is 4.96. The molecule has 0 aliphatic carbocycles. The second-order valence-corrected chi connectivity index (χ2v) is 4.37. The molecule has 0 aliphatic heterocycles. The maximum atomic E-state index is 11.4. The van der Waals surface area contributed by atoms with Crippen LogP contribution in [0.4, 0.5) is 5.82 Å².